The van der Waals surface area contributed by atoms with Crippen molar-refractivity contribution in [2.24, 2.45) is 5.92 Å². The van der Waals surface area contributed by atoms with Gasteiger partial charge in [-0.15, -0.1) is 0 Å². The van der Waals surface area contributed by atoms with Gasteiger partial charge in [0.1, 0.15) is 11.5 Å². The molecule has 9 nitrogen and oxygen atoms in total. The zero-order valence-corrected chi connectivity index (χ0v) is 17.6. The summed E-state index contributed by atoms with van der Waals surface area (Å²) >= 11 is 0. The van der Waals surface area contributed by atoms with Gasteiger partial charge in [0.2, 0.25) is 0 Å². The fourth-order valence-electron chi connectivity index (χ4n) is 4.37. The number of hydrogen-bond donors (Lipinski definition) is 5. The number of nitrogens with zero attached hydrogens (tertiary/aromatic N) is 3. The summed E-state index contributed by atoms with van der Waals surface area (Å²) in [7, 11) is -3.06. The fourth-order valence-corrected chi connectivity index (χ4v) is 6.07. The van der Waals surface area contributed by atoms with Crippen LogP contribution in [-0.2, 0) is 0 Å². The van der Waals surface area contributed by atoms with Gasteiger partial charge in [-0.1, -0.05) is 0 Å². The molecule has 0 spiro atoms. The summed E-state index contributed by atoms with van der Waals surface area (Å²) in [5.74, 6) is 0.726. The van der Waals surface area contributed by atoms with Crippen molar-refractivity contribution in [2.45, 2.75) is 48.5 Å². The van der Waals surface area contributed by atoms with Gasteiger partial charge in [0.25, 0.3) is 5.56 Å². The molecule has 1 aliphatic heterocycles. The summed E-state index contributed by atoms with van der Waals surface area (Å²) in [4.78, 5) is 15.6. The van der Waals surface area contributed by atoms with Crippen molar-refractivity contribution in [1.82, 2.24) is 14.8 Å². The molecule has 162 valence electrons. The first-order valence-electron chi connectivity index (χ1n) is 10.2. The summed E-state index contributed by atoms with van der Waals surface area (Å²) < 4.78 is 22.5. The second-order valence-corrected chi connectivity index (χ2v) is 10.6. The maximum atomic E-state index is 12.6. The van der Waals surface area contributed by atoms with E-state index in [9.17, 15) is 24.3 Å². The Morgan fingerprint density at radius 3 is 2.87 bits per heavy atom. The van der Waals surface area contributed by atoms with E-state index in [4.69, 9.17) is 0 Å². The van der Waals surface area contributed by atoms with Crippen molar-refractivity contribution in [3.05, 3.63) is 46.4 Å². The third kappa shape index (κ3) is 3.13. The summed E-state index contributed by atoms with van der Waals surface area (Å²) in [6, 6.07) is 8.84. The molecule has 3 heterocycles. The quantitative estimate of drug-likeness (QED) is 0.404. The molecule has 5 rings (SSSR count). The minimum absolute atomic E-state index is 0.0967. The van der Waals surface area contributed by atoms with Crippen molar-refractivity contribution in [1.29, 1.82) is 5.26 Å². The second-order valence-electron chi connectivity index (χ2n) is 8.25. The molecule has 3 aromatic rings. The van der Waals surface area contributed by atoms with E-state index in [1.165, 1.54) is 0 Å². The van der Waals surface area contributed by atoms with E-state index in [1.807, 2.05) is 0 Å². The van der Waals surface area contributed by atoms with Crippen LogP contribution in [0.4, 0.5) is 11.5 Å². The highest BCUT2D eigenvalue weighted by Gasteiger charge is 2.41. The highest BCUT2D eigenvalue weighted by atomic mass is 32.3. The van der Waals surface area contributed by atoms with Crippen LogP contribution >= 0.6 is 10.6 Å². The van der Waals surface area contributed by atoms with Gasteiger partial charge in [0.05, 0.1) is 34.2 Å². The standard InChI is InChI=1S/C21H23N5O4S/c1-11-19(27)14-10-13(4-5-17(14)31(11,29)30)24-20-18-16(7-9-23-21(18)28)26(25-20)15(6-8-22)12-2-3-12/h4-5,7,9-12,15,19,27,29-30H,2-3,6H2,1H3,(H,23,28)(H,24,25)/t11-,15?,19-/m0/s1. The largest absolute Gasteiger partial charge is 0.386 e. The Bertz CT molecular complexity index is 1270. The third-order valence-corrected chi connectivity index (χ3v) is 8.60. The third-order valence-electron chi connectivity index (χ3n) is 6.29. The van der Waals surface area contributed by atoms with Crippen LogP contribution < -0.4 is 10.9 Å². The molecule has 1 fully saturated rings. The highest BCUT2D eigenvalue weighted by Crippen LogP contribution is 2.63. The SMILES string of the molecule is C[C@H]1[C@H](O)c2cc(Nc3nn(C(CC#N)C4CC4)c4cc[nH]c(=O)c34)ccc2S1(O)O. The zero-order chi connectivity index (χ0) is 21.9. The van der Waals surface area contributed by atoms with Crippen LogP contribution in [0.1, 0.15) is 43.9 Å². The second kappa shape index (κ2) is 7.10. The molecule has 0 radical (unpaired) electrons. The minimum atomic E-state index is -3.06. The Morgan fingerprint density at radius 1 is 1.39 bits per heavy atom. The Labute approximate surface area is 179 Å². The molecule has 3 atom stereocenters. The molecule has 1 aromatic carbocycles. The van der Waals surface area contributed by atoms with Crippen molar-refractivity contribution in [3.63, 3.8) is 0 Å². The molecular formula is C21H23N5O4S. The van der Waals surface area contributed by atoms with Gasteiger partial charge in [0, 0.05) is 17.4 Å². The van der Waals surface area contributed by atoms with E-state index in [1.54, 1.807) is 42.1 Å². The number of aromatic amines is 1. The molecular weight excluding hydrogens is 418 g/mol. The minimum Gasteiger partial charge on any atom is -0.386 e. The number of pyridine rings is 1. The number of aliphatic hydroxyl groups excluding tert-OH is 1. The Hall–Kier alpha value is -2.84. The lowest BCUT2D eigenvalue weighted by Crippen LogP contribution is -2.13. The monoisotopic (exact) mass is 441 g/mol. The van der Waals surface area contributed by atoms with Crippen molar-refractivity contribution in [3.8, 4) is 6.07 Å². The average Bonchev–Trinajstić information content (AvgIpc) is 3.50. The number of anilines is 2. The van der Waals surface area contributed by atoms with E-state index >= 15 is 0 Å². The number of fused-ring (bicyclic) bond motifs is 2. The van der Waals surface area contributed by atoms with E-state index in [-0.39, 0.29) is 11.6 Å². The Kier molecular flexibility index (Phi) is 4.60. The molecule has 10 heteroatoms. The van der Waals surface area contributed by atoms with Crippen LogP contribution in [0.15, 0.2) is 40.2 Å². The summed E-state index contributed by atoms with van der Waals surface area (Å²) in [6.45, 7) is 1.61. The lowest BCUT2D eigenvalue weighted by molar-refractivity contribution is 0.177. The van der Waals surface area contributed by atoms with Gasteiger partial charge in [0.15, 0.2) is 5.82 Å². The Balaban J connectivity index is 1.58. The van der Waals surface area contributed by atoms with Crippen LogP contribution in [0.5, 0.6) is 0 Å². The summed E-state index contributed by atoms with van der Waals surface area (Å²) in [5.41, 5.74) is 1.39. The molecule has 0 saturated heterocycles. The van der Waals surface area contributed by atoms with Crippen LogP contribution in [0, 0.1) is 17.2 Å². The summed E-state index contributed by atoms with van der Waals surface area (Å²) in [5, 5.41) is 27.3. The van der Waals surface area contributed by atoms with Crippen molar-refractivity contribution < 1.29 is 14.2 Å². The van der Waals surface area contributed by atoms with Gasteiger partial charge in [-0.3, -0.25) is 18.6 Å². The van der Waals surface area contributed by atoms with E-state index < -0.39 is 21.9 Å². The average molecular weight is 442 g/mol. The molecule has 5 N–H and O–H groups in total. The predicted molar refractivity (Wildman–Crippen MR) is 118 cm³/mol. The van der Waals surface area contributed by atoms with Gasteiger partial charge >= 0.3 is 0 Å². The van der Waals surface area contributed by atoms with Crippen molar-refractivity contribution >= 4 is 33.0 Å². The molecule has 0 amide bonds. The van der Waals surface area contributed by atoms with Crippen molar-refractivity contribution in [2.75, 3.05) is 5.32 Å². The van der Waals surface area contributed by atoms with Gasteiger partial charge in [-0.2, -0.15) is 21.0 Å². The number of aromatic nitrogens is 3. The maximum absolute atomic E-state index is 12.6. The number of aliphatic hydroxyl groups is 1. The molecule has 31 heavy (non-hydrogen) atoms. The van der Waals surface area contributed by atoms with E-state index in [0.717, 1.165) is 12.8 Å². The molecule has 1 unspecified atom stereocenters. The first-order chi connectivity index (χ1) is 14.8. The first kappa shape index (κ1) is 20.1. The number of nitrogens with one attached hydrogen (secondary N) is 2. The lowest BCUT2D eigenvalue weighted by atomic mass is 10.1. The zero-order valence-electron chi connectivity index (χ0n) is 16.8. The molecule has 0 bridgehead atoms. The lowest BCUT2D eigenvalue weighted by Gasteiger charge is -2.33. The molecule has 1 aliphatic carbocycles. The number of rotatable bonds is 5. The maximum Gasteiger partial charge on any atom is 0.261 e. The molecule has 2 aromatic heterocycles. The normalized spacial score (nSPS) is 23.8. The first-order valence-corrected chi connectivity index (χ1v) is 11.8. The number of benzene rings is 1. The van der Waals surface area contributed by atoms with Crippen LogP contribution in [-0.4, -0.2) is 34.2 Å². The molecule has 2 aliphatic rings. The molecule has 1 saturated carbocycles. The fraction of sp³-hybridized carbons (Fsp3) is 0.381. The van der Waals surface area contributed by atoms with E-state index in [0.29, 0.717) is 45.2 Å². The van der Waals surface area contributed by atoms with Crippen LogP contribution in [0.25, 0.3) is 10.9 Å². The smallest absolute Gasteiger partial charge is 0.261 e. The number of H-pyrrole nitrogens is 1. The van der Waals surface area contributed by atoms with Gasteiger partial charge < -0.3 is 15.4 Å². The summed E-state index contributed by atoms with van der Waals surface area (Å²) in [6.07, 6.45) is 2.96. The topological polar surface area (TPSA) is 147 Å². The van der Waals surface area contributed by atoms with Gasteiger partial charge in [-0.05, 0) is 49.9 Å². The number of hydrogen-bond acceptors (Lipinski definition) is 7. The Morgan fingerprint density at radius 2 is 2.16 bits per heavy atom. The van der Waals surface area contributed by atoms with E-state index in [2.05, 4.69) is 21.5 Å². The van der Waals surface area contributed by atoms with Crippen LogP contribution in [0.3, 0.4) is 0 Å². The predicted octanol–water partition coefficient (Wildman–Crippen LogP) is 3.88. The number of nitriles is 1. The van der Waals surface area contributed by atoms with Gasteiger partial charge in [-0.25, -0.2) is 0 Å². The van der Waals surface area contributed by atoms with Crippen LogP contribution in [0.2, 0.25) is 0 Å². The highest BCUT2D eigenvalue weighted by molar-refractivity contribution is 8.25.